The van der Waals surface area contributed by atoms with Crippen LogP contribution in [0.4, 0.5) is 0 Å². The van der Waals surface area contributed by atoms with E-state index in [0.717, 1.165) is 27.6 Å². The molecular formula is C21H15N5O. The van der Waals surface area contributed by atoms with E-state index < -0.39 is 0 Å². The van der Waals surface area contributed by atoms with Gasteiger partial charge in [0, 0.05) is 11.6 Å². The van der Waals surface area contributed by atoms with Crippen molar-refractivity contribution in [2.24, 2.45) is 0 Å². The molecule has 6 nitrogen and oxygen atoms in total. The molecule has 5 aromatic rings. The molecule has 0 aliphatic rings. The minimum Gasteiger partial charge on any atom is -0.294 e. The van der Waals surface area contributed by atoms with E-state index >= 15 is 0 Å². The van der Waals surface area contributed by atoms with Crippen LogP contribution in [0.5, 0.6) is 0 Å². The summed E-state index contributed by atoms with van der Waals surface area (Å²) in [7, 11) is 0. The first kappa shape index (κ1) is 15.5. The smallest absolute Gasteiger partial charge is 0.261 e. The Morgan fingerprint density at radius 3 is 2.89 bits per heavy atom. The lowest BCUT2D eigenvalue weighted by Crippen LogP contribution is -2.21. The Morgan fingerprint density at radius 2 is 1.93 bits per heavy atom. The standard InChI is InChI=1S/C21H15N5O/c27-21-18-6-7-22-11-20(18)23-13-26(21)12-14-2-1-3-15(8-14)16-4-5-19-17(9-16)10-24-25-19/h1-11,13H,12H2,(H,24,25). The number of fused-ring (bicyclic) bond motifs is 2. The number of hydrogen-bond acceptors (Lipinski definition) is 4. The highest BCUT2D eigenvalue weighted by Crippen LogP contribution is 2.24. The first-order valence-corrected chi connectivity index (χ1v) is 8.59. The van der Waals surface area contributed by atoms with Gasteiger partial charge in [0.2, 0.25) is 0 Å². The van der Waals surface area contributed by atoms with Gasteiger partial charge in [-0.15, -0.1) is 0 Å². The molecule has 0 aliphatic heterocycles. The zero-order valence-electron chi connectivity index (χ0n) is 14.3. The molecule has 0 unspecified atom stereocenters. The average Bonchev–Trinajstić information content (AvgIpc) is 3.18. The van der Waals surface area contributed by atoms with Crippen LogP contribution in [-0.4, -0.2) is 24.7 Å². The molecule has 6 heteroatoms. The Hall–Kier alpha value is -3.80. The van der Waals surface area contributed by atoms with E-state index in [1.54, 1.807) is 29.4 Å². The van der Waals surface area contributed by atoms with Gasteiger partial charge in [-0.3, -0.25) is 19.4 Å². The molecule has 2 aromatic carbocycles. The van der Waals surface area contributed by atoms with Crippen molar-refractivity contribution in [1.29, 1.82) is 0 Å². The Kier molecular flexibility index (Phi) is 3.53. The predicted molar refractivity (Wildman–Crippen MR) is 104 cm³/mol. The molecule has 0 saturated carbocycles. The van der Waals surface area contributed by atoms with Crippen LogP contribution >= 0.6 is 0 Å². The van der Waals surface area contributed by atoms with E-state index in [4.69, 9.17) is 0 Å². The minimum absolute atomic E-state index is 0.0624. The number of aromatic amines is 1. The summed E-state index contributed by atoms with van der Waals surface area (Å²) in [5.41, 5.74) is 4.81. The molecule has 130 valence electrons. The fourth-order valence-electron chi connectivity index (χ4n) is 3.29. The van der Waals surface area contributed by atoms with Crippen LogP contribution in [0.1, 0.15) is 5.56 Å². The van der Waals surface area contributed by atoms with Crippen molar-refractivity contribution in [3.8, 4) is 11.1 Å². The number of aromatic nitrogens is 5. The van der Waals surface area contributed by atoms with Gasteiger partial charge in [0.25, 0.3) is 5.56 Å². The van der Waals surface area contributed by atoms with E-state index in [2.05, 4.69) is 44.4 Å². The number of benzene rings is 2. The van der Waals surface area contributed by atoms with Crippen LogP contribution in [0.25, 0.3) is 32.9 Å². The van der Waals surface area contributed by atoms with E-state index in [1.807, 2.05) is 24.4 Å². The average molecular weight is 353 g/mol. The lowest BCUT2D eigenvalue weighted by molar-refractivity contribution is 0.748. The summed E-state index contributed by atoms with van der Waals surface area (Å²) in [4.78, 5) is 21.0. The molecule has 0 aliphatic carbocycles. The Bertz CT molecular complexity index is 1340. The summed E-state index contributed by atoms with van der Waals surface area (Å²) in [6, 6.07) is 16.1. The molecule has 0 atom stereocenters. The monoisotopic (exact) mass is 353 g/mol. The van der Waals surface area contributed by atoms with E-state index in [-0.39, 0.29) is 5.56 Å². The summed E-state index contributed by atoms with van der Waals surface area (Å²) in [6.07, 6.45) is 6.62. The van der Waals surface area contributed by atoms with Crippen LogP contribution in [0.2, 0.25) is 0 Å². The lowest BCUT2D eigenvalue weighted by Gasteiger charge is -2.09. The number of rotatable bonds is 3. The highest BCUT2D eigenvalue weighted by atomic mass is 16.1. The molecule has 5 rings (SSSR count). The third-order valence-electron chi connectivity index (χ3n) is 4.68. The van der Waals surface area contributed by atoms with Gasteiger partial charge >= 0.3 is 0 Å². The molecule has 3 heterocycles. The zero-order valence-corrected chi connectivity index (χ0v) is 14.3. The van der Waals surface area contributed by atoms with Gasteiger partial charge in [0.05, 0.1) is 41.7 Å². The van der Waals surface area contributed by atoms with Crippen molar-refractivity contribution in [1.82, 2.24) is 24.7 Å². The molecule has 1 N–H and O–H groups in total. The van der Waals surface area contributed by atoms with Crippen LogP contribution < -0.4 is 5.56 Å². The van der Waals surface area contributed by atoms with Crippen molar-refractivity contribution >= 4 is 21.8 Å². The van der Waals surface area contributed by atoms with Crippen molar-refractivity contribution in [3.63, 3.8) is 0 Å². The number of pyridine rings is 1. The van der Waals surface area contributed by atoms with Gasteiger partial charge in [-0.2, -0.15) is 5.10 Å². The fraction of sp³-hybridized carbons (Fsp3) is 0.0476. The maximum atomic E-state index is 12.7. The SMILES string of the molecule is O=c1c2ccncc2ncn1Cc1cccc(-c2ccc3[nH]ncc3c2)c1. The quantitative estimate of drug-likeness (QED) is 0.539. The molecule has 0 amide bonds. The van der Waals surface area contributed by atoms with E-state index in [1.165, 1.54) is 0 Å². The van der Waals surface area contributed by atoms with Gasteiger partial charge in [0.1, 0.15) is 0 Å². The predicted octanol–water partition coefficient (Wildman–Crippen LogP) is 3.38. The number of nitrogens with zero attached hydrogens (tertiary/aromatic N) is 4. The summed E-state index contributed by atoms with van der Waals surface area (Å²) in [6.45, 7) is 0.464. The summed E-state index contributed by atoms with van der Waals surface area (Å²) in [5.74, 6) is 0. The highest BCUT2D eigenvalue weighted by molar-refractivity contribution is 5.84. The molecule has 0 spiro atoms. The van der Waals surface area contributed by atoms with Gasteiger partial charge < -0.3 is 0 Å². The van der Waals surface area contributed by atoms with Crippen LogP contribution in [-0.2, 0) is 6.54 Å². The largest absolute Gasteiger partial charge is 0.294 e. The third kappa shape index (κ3) is 2.77. The van der Waals surface area contributed by atoms with Gasteiger partial charge in [-0.05, 0) is 41.0 Å². The summed E-state index contributed by atoms with van der Waals surface area (Å²) in [5, 5.41) is 8.68. The second-order valence-corrected chi connectivity index (χ2v) is 6.44. The third-order valence-corrected chi connectivity index (χ3v) is 4.68. The van der Waals surface area contributed by atoms with Crippen LogP contribution in [0.15, 0.2) is 78.2 Å². The first-order chi connectivity index (χ1) is 13.3. The molecule has 0 fully saturated rings. The second kappa shape index (κ2) is 6.17. The van der Waals surface area contributed by atoms with Crippen LogP contribution in [0.3, 0.4) is 0 Å². The maximum Gasteiger partial charge on any atom is 0.261 e. The number of H-pyrrole nitrogens is 1. The van der Waals surface area contributed by atoms with Gasteiger partial charge in [-0.25, -0.2) is 4.98 Å². The Balaban J connectivity index is 1.52. The fourth-order valence-corrected chi connectivity index (χ4v) is 3.29. The lowest BCUT2D eigenvalue weighted by atomic mass is 10.0. The van der Waals surface area contributed by atoms with Gasteiger partial charge in [0.15, 0.2) is 0 Å². The molecule has 0 radical (unpaired) electrons. The van der Waals surface area contributed by atoms with E-state index in [0.29, 0.717) is 17.4 Å². The molecule has 0 saturated heterocycles. The molecular weight excluding hydrogens is 338 g/mol. The van der Waals surface area contributed by atoms with Crippen LogP contribution in [0, 0.1) is 0 Å². The minimum atomic E-state index is -0.0624. The molecule has 0 bridgehead atoms. The normalized spacial score (nSPS) is 11.3. The highest BCUT2D eigenvalue weighted by Gasteiger charge is 2.06. The molecule has 27 heavy (non-hydrogen) atoms. The first-order valence-electron chi connectivity index (χ1n) is 8.59. The van der Waals surface area contributed by atoms with Crippen molar-refractivity contribution in [3.05, 3.63) is 89.4 Å². The summed E-state index contributed by atoms with van der Waals surface area (Å²) >= 11 is 0. The van der Waals surface area contributed by atoms with Crippen molar-refractivity contribution < 1.29 is 0 Å². The number of hydrogen-bond donors (Lipinski definition) is 1. The van der Waals surface area contributed by atoms with E-state index in [9.17, 15) is 4.79 Å². The topological polar surface area (TPSA) is 76.5 Å². The van der Waals surface area contributed by atoms with Crippen molar-refractivity contribution in [2.75, 3.05) is 0 Å². The Labute approximate surface area is 154 Å². The van der Waals surface area contributed by atoms with Gasteiger partial charge in [-0.1, -0.05) is 24.3 Å². The van der Waals surface area contributed by atoms with Crippen molar-refractivity contribution in [2.45, 2.75) is 6.54 Å². The maximum absolute atomic E-state index is 12.7. The number of nitrogens with one attached hydrogen (secondary N) is 1. The molecule has 3 aromatic heterocycles. The Morgan fingerprint density at radius 1 is 1.00 bits per heavy atom. The summed E-state index contributed by atoms with van der Waals surface area (Å²) < 4.78 is 1.63. The second-order valence-electron chi connectivity index (χ2n) is 6.44. The zero-order chi connectivity index (χ0) is 18.2.